The van der Waals surface area contributed by atoms with Crippen LogP contribution in [0.5, 0.6) is 0 Å². The molecule has 0 aliphatic carbocycles. The van der Waals surface area contributed by atoms with E-state index >= 15 is 0 Å². The van der Waals surface area contributed by atoms with Gasteiger partial charge in [-0.3, -0.25) is 10.1 Å². The Labute approximate surface area is 90.6 Å². The molecule has 0 amide bonds. The van der Waals surface area contributed by atoms with Crippen molar-refractivity contribution in [3.8, 4) is 0 Å². The predicted octanol–water partition coefficient (Wildman–Crippen LogP) is 2.11. The number of hydrogen-bond acceptors (Lipinski definition) is 4. The number of pyridine rings is 1. The lowest BCUT2D eigenvalue weighted by molar-refractivity contribution is -0.386. The van der Waals surface area contributed by atoms with Crippen molar-refractivity contribution in [2.24, 2.45) is 0 Å². The van der Waals surface area contributed by atoms with E-state index in [1.54, 1.807) is 22.6 Å². The van der Waals surface area contributed by atoms with Crippen LogP contribution < -0.4 is 5.73 Å². The lowest BCUT2D eigenvalue weighted by Gasteiger charge is -2.04. The summed E-state index contributed by atoms with van der Waals surface area (Å²) in [5.41, 5.74) is 3.64. The highest BCUT2D eigenvalue weighted by Gasteiger charge is 2.26. The molecule has 0 aromatic carbocycles. The van der Waals surface area contributed by atoms with E-state index in [1.807, 2.05) is 0 Å². The third-order valence-corrected chi connectivity index (χ3v) is 2.00. The standard InChI is InChI=1S/C6H4F2IN3O2/c7-5(8)4-2(12(13)14)1-3(9)11-6(4)10/h1,5H,(H2,10,11). The largest absolute Gasteiger partial charge is 0.383 e. The second-order valence-electron chi connectivity index (χ2n) is 2.32. The van der Waals surface area contributed by atoms with E-state index in [2.05, 4.69) is 4.98 Å². The summed E-state index contributed by atoms with van der Waals surface area (Å²) in [4.78, 5) is 13.0. The Morgan fingerprint density at radius 3 is 2.64 bits per heavy atom. The summed E-state index contributed by atoms with van der Waals surface area (Å²) in [7, 11) is 0. The molecule has 5 nitrogen and oxygen atoms in total. The van der Waals surface area contributed by atoms with Gasteiger partial charge in [0.05, 0.1) is 4.92 Å². The molecule has 8 heteroatoms. The summed E-state index contributed by atoms with van der Waals surface area (Å²) in [5.74, 6) is -0.501. The summed E-state index contributed by atoms with van der Waals surface area (Å²) in [6.07, 6.45) is -3.00. The molecular weight excluding hydrogens is 311 g/mol. The molecule has 0 saturated heterocycles. The van der Waals surface area contributed by atoms with Crippen LogP contribution in [0.4, 0.5) is 20.3 Å². The van der Waals surface area contributed by atoms with Gasteiger partial charge >= 0.3 is 0 Å². The molecule has 0 aliphatic rings. The highest BCUT2D eigenvalue weighted by molar-refractivity contribution is 14.1. The summed E-state index contributed by atoms with van der Waals surface area (Å²) >= 11 is 1.66. The van der Waals surface area contributed by atoms with Gasteiger partial charge in [-0.1, -0.05) is 0 Å². The maximum Gasteiger partial charge on any atom is 0.284 e. The quantitative estimate of drug-likeness (QED) is 0.392. The molecule has 1 aromatic rings. The molecule has 0 atom stereocenters. The van der Waals surface area contributed by atoms with E-state index in [0.717, 1.165) is 6.07 Å². The second-order valence-corrected chi connectivity index (χ2v) is 3.43. The Hall–Kier alpha value is -1.06. The van der Waals surface area contributed by atoms with Gasteiger partial charge in [-0.25, -0.2) is 13.8 Å². The fourth-order valence-electron chi connectivity index (χ4n) is 0.904. The average Bonchev–Trinajstić information content (AvgIpc) is 2.01. The van der Waals surface area contributed by atoms with Crippen molar-refractivity contribution in [3.05, 3.63) is 25.4 Å². The van der Waals surface area contributed by atoms with E-state index in [9.17, 15) is 18.9 Å². The average molecular weight is 315 g/mol. The van der Waals surface area contributed by atoms with Crippen LogP contribution in [-0.2, 0) is 0 Å². The van der Waals surface area contributed by atoms with Crippen LogP contribution in [0.15, 0.2) is 6.07 Å². The molecule has 0 spiro atoms. The first-order chi connectivity index (χ1) is 6.43. The van der Waals surface area contributed by atoms with E-state index < -0.39 is 28.4 Å². The summed E-state index contributed by atoms with van der Waals surface area (Å²) < 4.78 is 24.9. The summed E-state index contributed by atoms with van der Waals surface area (Å²) in [5, 5.41) is 10.4. The minimum atomic E-state index is -3.00. The van der Waals surface area contributed by atoms with Crippen molar-refractivity contribution in [1.29, 1.82) is 0 Å². The van der Waals surface area contributed by atoms with Crippen molar-refractivity contribution in [1.82, 2.24) is 4.98 Å². The number of hydrogen-bond donors (Lipinski definition) is 1. The maximum absolute atomic E-state index is 12.4. The van der Waals surface area contributed by atoms with E-state index in [1.165, 1.54) is 0 Å². The van der Waals surface area contributed by atoms with Gasteiger partial charge in [0.2, 0.25) is 0 Å². The third-order valence-electron chi connectivity index (χ3n) is 1.45. The van der Waals surface area contributed by atoms with E-state index in [0.29, 0.717) is 0 Å². The Morgan fingerprint density at radius 2 is 2.21 bits per heavy atom. The van der Waals surface area contributed by atoms with Crippen molar-refractivity contribution in [2.75, 3.05) is 5.73 Å². The summed E-state index contributed by atoms with van der Waals surface area (Å²) in [6, 6.07) is 0.957. The van der Waals surface area contributed by atoms with Crippen molar-refractivity contribution >= 4 is 34.1 Å². The lowest BCUT2D eigenvalue weighted by Crippen LogP contribution is -2.04. The predicted molar refractivity (Wildman–Crippen MR) is 53.0 cm³/mol. The Balaban J connectivity index is 3.44. The number of nitrogens with zero attached hydrogens (tertiary/aromatic N) is 2. The number of nitro groups is 1. The number of nitrogen functional groups attached to an aromatic ring is 1. The molecule has 2 N–H and O–H groups in total. The first kappa shape index (κ1) is 11.0. The minimum absolute atomic E-state index is 0.205. The highest BCUT2D eigenvalue weighted by Crippen LogP contribution is 2.33. The van der Waals surface area contributed by atoms with Crippen LogP contribution in [0.2, 0.25) is 0 Å². The highest BCUT2D eigenvalue weighted by atomic mass is 127. The summed E-state index contributed by atoms with van der Waals surface area (Å²) in [6.45, 7) is 0. The molecular formula is C6H4F2IN3O2. The zero-order chi connectivity index (χ0) is 10.9. The molecule has 0 fully saturated rings. The fraction of sp³-hybridized carbons (Fsp3) is 0.167. The number of rotatable bonds is 2. The van der Waals surface area contributed by atoms with Gasteiger partial charge in [0.25, 0.3) is 12.1 Å². The van der Waals surface area contributed by atoms with Gasteiger partial charge in [-0.05, 0) is 22.6 Å². The van der Waals surface area contributed by atoms with Crippen molar-refractivity contribution < 1.29 is 13.7 Å². The third kappa shape index (κ3) is 2.05. The van der Waals surface area contributed by atoms with Crippen molar-refractivity contribution in [3.63, 3.8) is 0 Å². The number of alkyl halides is 2. The molecule has 1 heterocycles. The zero-order valence-electron chi connectivity index (χ0n) is 6.58. The Bertz CT molecular complexity index is 386. The topological polar surface area (TPSA) is 82.0 Å². The molecule has 1 aromatic heterocycles. The van der Waals surface area contributed by atoms with Gasteiger partial charge in [-0.15, -0.1) is 0 Å². The maximum atomic E-state index is 12.4. The molecule has 0 aliphatic heterocycles. The van der Waals surface area contributed by atoms with Gasteiger partial charge in [-0.2, -0.15) is 0 Å². The van der Waals surface area contributed by atoms with E-state index in [4.69, 9.17) is 5.73 Å². The van der Waals surface area contributed by atoms with Gasteiger partial charge in [0.15, 0.2) is 0 Å². The second kappa shape index (κ2) is 3.98. The van der Waals surface area contributed by atoms with Gasteiger partial charge in [0, 0.05) is 6.07 Å². The molecule has 0 unspecified atom stereocenters. The van der Waals surface area contributed by atoms with Crippen LogP contribution in [0, 0.1) is 13.8 Å². The van der Waals surface area contributed by atoms with Crippen LogP contribution in [0.3, 0.4) is 0 Å². The van der Waals surface area contributed by atoms with Gasteiger partial charge < -0.3 is 5.73 Å². The monoisotopic (exact) mass is 315 g/mol. The van der Waals surface area contributed by atoms with Crippen LogP contribution in [-0.4, -0.2) is 9.91 Å². The fourth-order valence-corrected chi connectivity index (χ4v) is 1.46. The van der Waals surface area contributed by atoms with Crippen LogP contribution >= 0.6 is 22.6 Å². The first-order valence-corrected chi connectivity index (χ1v) is 4.39. The minimum Gasteiger partial charge on any atom is -0.383 e. The van der Waals surface area contributed by atoms with Crippen LogP contribution in [0.25, 0.3) is 0 Å². The molecule has 0 bridgehead atoms. The van der Waals surface area contributed by atoms with Gasteiger partial charge in [0.1, 0.15) is 15.1 Å². The Kier molecular flexibility index (Phi) is 3.13. The molecule has 1 rings (SSSR count). The molecule has 76 valence electrons. The number of halogens is 3. The first-order valence-electron chi connectivity index (χ1n) is 3.32. The smallest absolute Gasteiger partial charge is 0.284 e. The van der Waals surface area contributed by atoms with Crippen molar-refractivity contribution in [2.45, 2.75) is 6.43 Å². The molecule has 0 saturated carbocycles. The molecule has 0 radical (unpaired) electrons. The molecule has 14 heavy (non-hydrogen) atoms. The van der Waals surface area contributed by atoms with Crippen LogP contribution in [0.1, 0.15) is 12.0 Å². The lowest BCUT2D eigenvalue weighted by atomic mass is 10.2. The Morgan fingerprint density at radius 1 is 1.64 bits per heavy atom. The normalized spacial score (nSPS) is 10.6. The zero-order valence-corrected chi connectivity index (χ0v) is 8.73. The number of aromatic nitrogens is 1. The number of nitrogens with two attached hydrogens (primary N) is 1. The SMILES string of the molecule is Nc1nc(I)cc([N+](=O)[O-])c1C(F)F. The number of anilines is 1. The van der Waals surface area contributed by atoms with E-state index in [-0.39, 0.29) is 3.70 Å².